The van der Waals surface area contributed by atoms with Crippen LogP contribution >= 0.6 is 27.5 Å². The molecule has 1 heterocycles. The van der Waals surface area contributed by atoms with Crippen molar-refractivity contribution in [3.8, 4) is 0 Å². The Labute approximate surface area is 128 Å². The summed E-state index contributed by atoms with van der Waals surface area (Å²) < 4.78 is 27.7. The average molecular weight is 367 g/mol. The summed E-state index contributed by atoms with van der Waals surface area (Å²) in [6.45, 7) is 2.64. The van der Waals surface area contributed by atoms with Crippen LogP contribution in [0.1, 0.15) is 31.7 Å². The van der Waals surface area contributed by atoms with Gasteiger partial charge in [0.25, 0.3) is 0 Å². The van der Waals surface area contributed by atoms with Crippen LogP contribution in [0.25, 0.3) is 0 Å². The fraction of sp³-hybridized carbons (Fsp3) is 0.538. The van der Waals surface area contributed by atoms with Gasteiger partial charge >= 0.3 is 0 Å². The molecule has 3 nitrogen and oxygen atoms in total. The molecular formula is C13H17BrClNO2S. The monoisotopic (exact) mass is 365 g/mol. The lowest BCUT2D eigenvalue weighted by Crippen LogP contribution is -2.35. The largest absolute Gasteiger partial charge is 0.244 e. The molecular weight excluding hydrogens is 350 g/mol. The smallest absolute Gasteiger partial charge is 0.207 e. The summed E-state index contributed by atoms with van der Waals surface area (Å²) in [5.74, 6) is 0.313. The van der Waals surface area contributed by atoms with Gasteiger partial charge in [-0.1, -0.05) is 13.0 Å². The van der Waals surface area contributed by atoms with Crippen molar-refractivity contribution in [3.63, 3.8) is 0 Å². The third-order valence-corrected chi connectivity index (χ3v) is 6.79. The summed E-state index contributed by atoms with van der Waals surface area (Å²) in [6.07, 6.45) is 2.74. The highest BCUT2D eigenvalue weighted by molar-refractivity contribution is 9.10. The first kappa shape index (κ1) is 15.3. The van der Waals surface area contributed by atoms with Crippen molar-refractivity contribution in [2.45, 2.75) is 43.0 Å². The average Bonchev–Trinajstić information content (AvgIpc) is 2.88. The molecule has 0 spiro atoms. The van der Waals surface area contributed by atoms with Crippen molar-refractivity contribution in [1.29, 1.82) is 0 Å². The van der Waals surface area contributed by atoms with Gasteiger partial charge in [0.2, 0.25) is 10.0 Å². The molecule has 1 aliphatic rings. The molecule has 1 atom stereocenters. The van der Waals surface area contributed by atoms with E-state index in [9.17, 15) is 8.42 Å². The molecule has 0 amide bonds. The Hall–Kier alpha value is -0.100. The zero-order chi connectivity index (χ0) is 14.0. The van der Waals surface area contributed by atoms with E-state index in [4.69, 9.17) is 11.6 Å². The molecule has 106 valence electrons. The second-order valence-corrected chi connectivity index (χ2v) is 7.70. The Bertz CT molecular complexity index is 562. The first-order chi connectivity index (χ1) is 9.00. The van der Waals surface area contributed by atoms with Gasteiger partial charge in [-0.15, -0.1) is 11.6 Å². The Kier molecular flexibility index (Phi) is 4.93. The number of sulfonamides is 1. The van der Waals surface area contributed by atoms with Gasteiger partial charge in [0.1, 0.15) is 0 Å². The van der Waals surface area contributed by atoms with Crippen LogP contribution in [-0.4, -0.2) is 25.3 Å². The molecule has 2 rings (SSSR count). The number of benzene rings is 1. The van der Waals surface area contributed by atoms with E-state index >= 15 is 0 Å². The van der Waals surface area contributed by atoms with Gasteiger partial charge < -0.3 is 0 Å². The molecule has 1 saturated heterocycles. The summed E-state index contributed by atoms with van der Waals surface area (Å²) in [4.78, 5) is 0.325. The van der Waals surface area contributed by atoms with Crippen molar-refractivity contribution in [2.24, 2.45) is 0 Å². The molecule has 1 unspecified atom stereocenters. The van der Waals surface area contributed by atoms with E-state index in [-0.39, 0.29) is 6.04 Å². The molecule has 0 saturated carbocycles. The molecule has 1 aromatic carbocycles. The fourth-order valence-electron chi connectivity index (χ4n) is 2.49. The van der Waals surface area contributed by atoms with Crippen LogP contribution < -0.4 is 0 Å². The maximum Gasteiger partial charge on any atom is 0.244 e. The van der Waals surface area contributed by atoms with E-state index in [2.05, 4.69) is 15.9 Å². The van der Waals surface area contributed by atoms with E-state index in [0.717, 1.165) is 24.8 Å². The van der Waals surface area contributed by atoms with Crippen LogP contribution in [-0.2, 0) is 15.9 Å². The van der Waals surface area contributed by atoms with Gasteiger partial charge in [-0.05, 0) is 52.9 Å². The highest BCUT2D eigenvalue weighted by Crippen LogP contribution is 2.32. The standard InChI is InChI=1S/C13H17BrClNO2S/c1-2-11-4-3-7-16(11)19(17,18)13-8-10(9-15)5-6-12(13)14/h5-6,8,11H,2-4,7,9H2,1H3. The molecule has 6 heteroatoms. The van der Waals surface area contributed by atoms with E-state index in [1.54, 1.807) is 16.4 Å². The maximum atomic E-state index is 12.7. The van der Waals surface area contributed by atoms with Crippen LogP contribution in [0.5, 0.6) is 0 Å². The van der Waals surface area contributed by atoms with Crippen LogP contribution in [0, 0.1) is 0 Å². The summed E-state index contributed by atoms with van der Waals surface area (Å²) in [7, 11) is -3.44. The third-order valence-electron chi connectivity index (χ3n) is 3.53. The second-order valence-electron chi connectivity index (χ2n) is 4.72. The van der Waals surface area contributed by atoms with Crippen molar-refractivity contribution < 1.29 is 8.42 Å². The lowest BCUT2D eigenvalue weighted by Gasteiger charge is -2.23. The Balaban J connectivity index is 2.44. The highest BCUT2D eigenvalue weighted by atomic mass is 79.9. The quantitative estimate of drug-likeness (QED) is 0.761. The number of rotatable bonds is 4. The molecule has 1 aliphatic heterocycles. The first-order valence-electron chi connectivity index (χ1n) is 6.37. The maximum absolute atomic E-state index is 12.7. The number of alkyl halides is 1. The lowest BCUT2D eigenvalue weighted by atomic mass is 10.2. The van der Waals surface area contributed by atoms with E-state index in [0.29, 0.717) is 21.8 Å². The molecule has 0 bridgehead atoms. The molecule has 19 heavy (non-hydrogen) atoms. The van der Waals surface area contributed by atoms with Crippen LogP contribution in [0.3, 0.4) is 0 Å². The molecule has 1 fully saturated rings. The number of halogens is 2. The van der Waals surface area contributed by atoms with Crippen LogP contribution in [0.15, 0.2) is 27.6 Å². The molecule has 0 aliphatic carbocycles. The molecule has 0 radical (unpaired) electrons. The predicted molar refractivity (Wildman–Crippen MR) is 80.9 cm³/mol. The van der Waals surface area contributed by atoms with Crippen LogP contribution in [0.2, 0.25) is 0 Å². The van der Waals surface area contributed by atoms with E-state index < -0.39 is 10.0 Å². The Morgan fingerprint density at radius 3 is 2.84 bits per heavy atom. The van der Waals surface area contributed by atoms with Gasteiger partial charge in [0.05, 0.1) is 4.90 Å². The van der Waals surface area contributed by atoms with E-state index in [1.807, 2.05) is 13.0 Å². The summed E-state index contributed by atoms with van der Waals surface area (Å²) in [5.41, 5.74) is 0.815. The van der Waals surface area contributed by atoms with Crippen molar-refractivity contribution in [2.75, 3.05) is 6.54 Å². The minimum Gasteiger partial charge on any atom is -0.207 e. The third kappa shape index (κ3) is 2.99. The highest BCUT2D eigenvalue weighted by Gasteiger charge is 2.35. The molecule has 1 aromatic rings. The number of hydrogen-bond acceptors (Lipinski definition) is 2. The zero-order valence-corrected chi connectivity index (χ0v) is 13.9. The van der Waals surface area contributed by atoms with Gasteiger partial charge in [-0.2, -0.15) is 4.31 Å². The van der Waals surface area contributed by atoms with Crippen LogP contribution in [0.4, 0.5) is 0 Å². The van der Waals surface area contributed by atoms with Crippen molar-refractivity contribution in [1.82, 2.24) is 4.31 Å². The molecule has 0 N–H and O–H groups in total. The lowest BCUT2D eigenvalue weighted by molar-refractivity contribution is 0.379. The minimum atomic E-state index is -3.44. The summed E-state index contributed by atoms with van der Waals surface area (Å²) >= 11 is 9.13. The number of nitrogens with zero attached hydrogens (tertiary/aromatic N) is 1. The topological polar surface area (TPSA) is 37.4 Å². The molecule has 0 aromatic heterocycles. The first-order valence-corrected chi connectivity index (χ1v) is 9.13. The Morgan fingerprint density at radius 2 is 2.21 bits per heavy atom. The summed E-state index contributed by atoms with van der Waals surface area (Å²) in [6, 6.07) is 5.37. The minimum absolute atomic E-state index is 0.122. The SMILES string of the molecule is CCC1CCCN1S(=O)(=O)c1cc(CCl)ccc1Br. The normalized spacial score (nSPS) is 20.9. The summed E-state index contributed by atoms with van der Waals surface area (Å²) in [5, 5.41) is 0. The van der Waals surface area contributed by atoms with Gasteiger partial charge in [0.15, 0.2) is 0 Å². The number of hydrogen-bond donors (Lipinski definition) is 0. The van der Waals surface area contributed by atoms with Gasteiger partial charge in [-0.3, -0.25) is 0 Å². The zero-order valence-electron chi connectivity index (χ0n) is 10.8. The Morgan fingerprint density at radius 1 is 1.47 bits per heavy atom. The second kappa shape index (κ2) is 6.12. The van der Waals surface area contributed by atoms with Crippen molar-refractivity contribution in [3.05, 3.63) is 28.2 Å². The van der Waals surface area contributed by atoms with Crippen molar-refractivity contribution >= 4 is 37.6 Å². The van der Waals surface area contributed by atoms with E-state index in [1.165, 1.54) is 0 Å². The fourth-order valence-corrected chi connectivity index (χ4v) is 5.40. The predicted octanol–water partition coefficient (Wildman–Crippen LogP) is 3.75. The van der Waals surface area contributed by atoms with Gasteiger partial charge in [0, 0.05) is 22.9 Å². The van der Waals surface area contributed by atoms with Gasteiger partial charge in [-0.25, -0.2) is 8.42 Å².